The summed E-state index contributed by atoms with van der Waals surface area (Å²) in [6, 6.07) is 13.5. The minimum atomic E-state index is -1.13. The Labute approximate surface area is 126 Å². The van der Waals surface area contributed by atoms with E-state index in [2.05, 4.69) is 4.98 Å². The highest BCUT2D eigenvalue weighted by atomic mass is 16.5. The molecule has 110 valence electrons. The van der Waals surface area contributed by atoms with Crippen LogP contribution in [0.4, 0.5) is 0 Å². The van der Waals surface area contributed by atoms with E-state index in [1.807, 2.05) is 0 Å². The molecule has 0 spiro atoms. The average Bonchev–Trinajstić information content (AvgIpc) is 2.94. The summed E-state index contributed by atoms with van der Waals surface area (Å²) in [4.78, 5) is 27.1. The van der Waals surface area contributed by atoms with Crippen LogP contribution < -0.4 is 4.74 Å². The van der Waals surface area contributed by atoms with Crippen molar-refractivity contribution < 1.29 is 19.4 Å². The molecule has 0 bridgehead atoms. The summed E-state index contributed by atoms with van der Waals surface area (Å²) in [6.45, 7) is 0. The van der Waals surface area contributed by atoms with Crippen LogP contribution in [0.5, 0.6) is 5.75 Å². The van der Waals surface area contributed by atoms with E-state index in [1.165, 1.54) is 7.11 Å². The molecule has 3 rings (SSSR count). The maximum atomic E-state index is 12.6. The number of hydrogen-bond donors (Lipinski definition) is 2. The van der Waals surface area contributed by atoms with Crippen molar-refractivity contribution in [2.24, 2.45) is 0 Å². The number of benzene rings is 2. The van der Waals surface area contributed by atoms with Gasteiger partial charge in [-0.1, -0.05) is 18.2 Å². The molecule has 3 aromatic rings. The number of aromatic carboxylic acids is 1. The Bertz CT molecular complexity index is 862. The topological polar surface area (TPSA) is 79.4 Å². The average molecular weight is 295 g/mol. The molecule has 0 unspecified atom stereocenters. The number of H-pyrrole nitrogens is 1. The molecule has 0 aliphatic heterocycles. The molecule has 1 aromatic heterocycles. The Morgan fingerprint density at radius 3 is 2.36 bits per heavy atom. The second-order valence-electron chi connectivity index (χ2n) is 4.78. The van der Waals surface area contributed by atoms with Crippen molar-refractivity contribution in [3.8, 4) is 5.75 Å². The molecule has 22 heavy (non-hydrogen) atoms. The number of hydrogen-bond acceptors (Lipinski definition) is 3. The first-order valence-electron chi connectivity index (χ1n) is 6.64. The molecule has 0 saturated heterocycles. The smallest absolute Gasteiger partial charge is 0.338 e. The molecule has 5 heteroatoms. The van der Waals surface area contributed by atoms with Crippen molar-refractivity contribution in [3.05, 3.63) is 65.4 Å². The number of ketones is 1. The molecule has 0 atom stereocenters. The molecule has 0 fully saturated rings. The Morgan fingerprint density at radius 1 is 1.05 bits per heavy atom. The Balaban J connectivity index is 2.13. The maximum absolute atomic E-state index is 12.6. The number of carbonyl (C=O) groups is 2. The van der Waals surface area contributed by atoms with E-state index in [-0.39, 0.29) is 17.0 Å². The fourth-order valence-electron chi connectivity index (χ4n) is 2.42. The number of aromatic amines is 1. The zero-order valence-corrected chi connectivity index (χ0v) is 11.8. The summed E-state index contributed by atoms with van der Waals surface area (Å²) in [7, 11) is 1.54. The van der Waals surface area contributed by atoms with Gasteiger partial charge in [-0.3, -0.25) is 4.79 Å². The van der Waals surface area contributed by atoms with Crippen LogP contribution in [0.15, 0.2) is 48.5 Å². The van der Waals surface area contributed by atoms with E-state index >= 15 is 0 Å². The number of aromatic nitrogens is 1. The molecule has 0 radical (unpaired) electrons. The minimum Gasteiger partial charge on any atom is -0.497 e. The molecule has 0 saturated carbocycles. The van der Waals surface area contributed by atoms with Gasteiger partial charge >= 0.3 is 5.97 Å². The minimum absolute atomic E-state index is 0.00332. The van der Waals surface area contributed by atoms with Crippen molar-refractivity contribution in [3.63, 3.8) is 0 Å². The van der Waals surface area contributed by atoms with Crippen molar-refractivity contribution in [1.82, 2.24) is 4.98 Å². The lowest BCUT2D eigenvalue weighted by atomic mass is 10.0. The summed E-state index contributed by atoms with van der Waals surface area (Å²) in [6.07, 6.45) is 0. The molecular weight excluding hydrogens is 282 g/mol. The highest BCUT2D eigenvalue weighted by Gasteiger charge is 2.23. The number of ether oxygens (including phenoxy) is 1. The quantitative estimate of drug-likeness (QED) is 0.725. The monoisotopic (exact) mass is 295 g/mol. The molecule has 0 amide bonds. The van der Waals surface area contributed by atoms with Gasteiger partial charge in [-0.25, -0.2) is 4.79 Å². The Kier molecular flexibility index (Phi) is 3.39. The van der Waals surface area contributed by atoms with Gasteiger partial charge < -0.3 is 14.8 Å². The highest BCUT2D eigenvalue weighted by molar-refractivity contribution is 6.18. The second kappa shape index (κ2) is 5.37. The largest absolute Gasteiger partial charge is 0.497 e. The number of carboxylic acids is 1. The van der Waals surface area contributed by atoms with Gasteiger partial charge in [-0.2, -0.15) is 0 Å². The molecule has 5 nitrogen and oxygen atoms in total. The lowest BCUT2D eigenvalue weighted by Crippen LogP contribution is -2.08. The van der Waals surface area contributed by atoms with Gasteiger partial charge in [-0.15, -0.1) is 0 Å². The molecular formula is C17H13NO4. The van der Waals surface area contributed by atoms with Crippen LogP contribution in [-0.2, 0) is 0 Å². The number of carbonyl (C=O) groups excluding carboxylic acids is 1. The van der Waals surface area contributed by atoms with Gasteiger partial charge in [0.15, 0.2) is 0 Å². The highest BCUT2D eigenvalue weighted by Crippen LogP contribution is 2.25. The van der Waals surface area contributed by atoms with Gasteiger partial charge in [0.1, 0.15) is 11.4 Å². The summed E-state index contributed by atoms with van der Waals surface area (Å²) in [5, 5.41) is 9.96. The fourth-order valence-corrected chi connectivity index (χ4v) is 2.42. The molecule has 2 aromatic carbocycles. The summed E-state index contributed by atoms with van der Waals surface area (Å²) in [5.41, 5.74) is 1.10. The van der Waals surface area contributed by atoms with Crippen molar-refractivity contribution in [2.75, 3.05) is 7.11 Å². The van der Waals surface area contributed by atoms with E-state index in [0.717, 1.165) is 0 Å². The van der Waals surface area contributed by atoms with Crippen LogP contribution in [0, 0.1) is 0 Å². The summed E-state index contributed by atoms with van der Waals surface area (Å²) >= 11 is 0. The van der Waals surface area contributed by atoms with Crippen LogP contribution in [0.3, 0.4) is 0 Å². The molecule has 2 N–H and O–H groups in total. The normalized spacial score (nSPS) is 10.6. The van der Waals surface area contributed by atoms with E-state index < -0.39 is 5.97 Å². The SMILES string of the molecule is COc1ccc(C(=O)c2[nH]c3ccccc3c2C(=O)O)cc1. The number of methoxy groups -OCH3 is 1. The van der Waals surface area contributed by atoms with E-state index in [4.69, 9.17) is 4.74 Å². The van der Waals surface area contributed by atoms with E-state index in [1.54, 1.807) is 48.5 Å². The number of carboxylic acid groups (broad SMARTS) is 1. The van der Waals surface area contributed by atoms with Crippen molar-refractivity contribution in [2.45, 2.75) is 0 Å². The van der Waals surface area contributed by atoms with Gasteiger partial charge in [0.05, 0.1) is 12.7 Å². The van der Waals surface area contributed by atoms with Crippen LogP contribution in [0.1, 0.15) is 26.4 Å². The Hall–Kier alpha value is -3.08. The summed E-state index contributed by atoms with van der Waals surface area (Å²) in [5.74, 6) is -0.864. The first kappa shape index (κ1) is 13.9. The number of fused-ring (bicyclic) bond motifs is 1. The third-order valence-corrected chi connectivity index (χ3v) is 3.50. The van der Waals surface area contributed by atoms with Crippen LogP contribution in [-0.4, -0.2) is 29.0 Å². The van der Waals surface area contributed by atoms with E-state index in [9.17, 15) is 14.7 Å². The third kappa shape index (κ3) is 2.22. The molecule has 1 heterocycles. The van der Waals surface area contributed by atoms with Crippen molar-refractivity contribution in [1.29, 1.82) is 0 Å². The predicted octanol–water partition coefficient (Wildman–Crippen LogP) is 3.11. The van der Waals surface area contributed by atoms with Gasteiger partial charge in [0.2, 0.25) is 5.78 Å². The predicted molar refractivity (Wildman–Crippen MR) is 81.7 cm³/mol. The first-order chi connectivity index (χ1) is 10.6. The Morgan fingerprint density at radius 2 is 1.73 bits per heavy atom. The number of rotatable bonds is 4. The molecule has 0 aliphatic rings. The lowest BCUT2D eigenvalue weighted by molar-refractivity contribution is 0.0695. The van der Waals surface area contributed by atoms with Crippen LogP contribution >= 0.6 is 0 Å². The van der Waals surface area contributed by atoms with Crippen molar-refractivity contribution >= 4 is 22.7 Å². The third-order valence-electron chi connectivity index (χ3n) is 3.50. The maximum Gasteiger partial charge on any atom is 0.338 e. The van der Waals surface area contributed by atoms with Gasteiger partial charge in [0.25, 0.3) is 0 Å². The van der Waals surface area contributed by atoms with E-state index in [0.29, 0.717) is 22.2 Å². The summed E-state index contributed by atoms with van der Waals surface area (Å²) < 4.78 is 5.05. The zero-order chi connectivity index (χ0) is 15.7. The number of para-hydroxylation sites is 1. The fraction of sp³-hybridized carbons (Fsp3) is 0.0588. The molecule has 0 aliphatic carbocycles. The number of nitrogens with one attached hydrogen (secondary N) is 1. The second-order valence-corrected chi connectivity index (χ2v) is 4.78. The standard InChI is InChI=1S/C17H13NO4/c1-22-11-8-6-10(7-9-11)16(19)15-14(17(20)21)12-4-2-3-5-13(12)18-15/h2-9,18H,1H3,(H,20,21). The van der Waals surface area contributed by atoms with Gasteiger partial charge in [-0.05, 0) is 30.3 Å². The van der Waals surface area contributed by atoms with Gasteiger partial charge in [0, 0.05) is 16.5 Å². The van der Waals surface area contributed by atoms with Crippen LogP contribution in [0.2, 0.25) is 0 Å². The first-order valence-corrected chi connectivity index (χ1v) is 6.64. The zero-order valence-electron chi connectivity index (χ0n) is 11.8. The lowest BCUT2D eigenvalue weighted by Gasteiger charge is -2.03. The van der Waals surface area contributed by atoms with Crippen LogP contribution in [0.25, 0.3) is 10.9 Å².